The van der Waals surface area contributed by atoms with E-state index in [4.69, 9.17) is 0 Å². The van der Waals surface area contributed by atoms with Crippen molar-refractivity contribution >= 4 is 0 Å². The van der Waals surface area contributed by atoms with E-state index in [1.54, 1.807) is 12.4 Å². The number of aliphatic hydroxyl groups excluding tert-OH is 1. The quantitative estimate of drug-likeness (QED) is 0.732. The molecule has 14 heavy (non-hydrogen) atoms. The first kappa shape index (κ1) is 11.1. The van der Waals surface area contributed by atoms with Gasteiger partial charge >= 0.3 is 0 Å². The van der Waals surface area contributed by atoms with Crippen LogP contribution in [0.25, 0.3) is 0 Å². The first-order valence-electron chi connectivity index (χ1n) is 5.20. The number of nitrogens with zero attached hydrogens (tertiary/aromatic N) is 2. The van der Waals surface area contributed by atoms with Crippen molar-refractivity contribution in [3.63, 3.8) is 0 Å². The molecular weight excluding hydrogens is 176 g/mol. The fourth-order valence-corrected chi connectivity index (χ4v) is 1.29. The third kappa shape index (κ3) is 3.42. The number of aromatic nitrogens is 2. The maximum Gasteiger partial charge on any atom is 0.156 e. The Labute approximate surface area is 85.2 Å². The normalized spacial score (nSPS) is 12.8. The molecule has 3 heteroatoms. The van der Waals surface area contributed by atoms with E-state index in [2.05, 4.69) is 16.9 Å². The van der Waals surface area contributed by atoms with Crippen LogP contribution in [-0.4, -0.2) is 15.1 Å². The van der Waals surface area contributed by atoms with Crippen molar-refractivity contribution in [2.45, 2.75) is 45.6 Å². The molecule has 0 saturated carbocycles. The Balaban J connectivity index is 2.43. The third-order valence-electron chi connectivity index (χ3n) is 2.18. The predicted octanol–water partition coefficient (Wildman–Crippen LogP) is 2.40. The summed E-state index contributed by atoms with van der Waals surface area (Å²) in [5.74, 6) is 0.548. The van der Waals surface area contributed by atoms with Crippen molar-refractivity contribution < 1.29 is 5.11 Å². The molecule has 0 amide bonds. The first-order chi connectivity index (χ1) is 6.74. The van der Waals surface area contributed by atoms with E-state index in [-0.39, 0.29) is 0 Å². The minimum absolute atomic E-state index is 0.498. The number of hydrogen-bond donors (Lipinski definition) is 1. The van der Waals surface area contributed by atoms with Gasteiger partial charge in [-0.25, -0.2) is 9.97 Å². The fraction of sp³-hybridized carbons (Fsp3) is 0.636. The molecule has 1 atom stereocenters. The molecule has 0 aliphatic carbocycles. The van der Waals surface area contributed by atoms with Crippen LogP contribution in [0.15, 0.2) is 12.4 Å². The van der Waals surface area contributed by atoms with Crippen LogP contribution >= 0.6 is 0 Å². The molecule has 1 unspecified atom stereocenters. The molecule has 1 N–H and O–H groups in total. The summed E-state index contributed by atoms with van der Waals surface area (Å²) in [7, 11) is 0. The van der Waals surface area contributed by atoms with Gasteiger partial charge in [0.1, 0.15) is 6.10 Å². The van der Waals surface area contributed by atoms with Crippen LogP contribution in [0, 0.1) is 6.92 Å². The Kier molecular flexibility index (Phi) is 4.53. The SMILES string of the molecule is CCCCCC(O)c1ncc(C)cn1. The molecule has 0 saturated heterocycles. The smallest absolute Gasteiger partial charge is 0.156 e. The summed E-state index contributed by atoms with van der Waals surface area (Å²) >= 11 is 0. The highest BCUT2D eigenvalue weighted by Crippen LogP contribution is 2.15. The Morgan fingerprint density at radius 2 is 1.93 bits per heavy atom. The van der Waals surface area contributed by atoms with Crippen LogP contribution in [0.4, 0.5) is 0 Å². The van der Waals surface area contributed by atoms with Gasteiger partial charge in [-0.15, -0.1) is 0 Å². The second-order valence-electron chi connectivity index (χ2n) is 3.63. The van der Waals surface area contributed by atoms with Gasteiger partial charge in [-0.2, -0.15) is 0 Å². The Bertz CT molecular complexity index is 258. The second kappa shape index (κ2) is 5.70. The lowest BCUT2D eigenvalue weighted by Crippen LogP contribution is -2.03. The zero-order chi connectivity index (χ0) is 10.4. The molecule has 1 rings (SSSR count). The highest BCUT2D eigenvalue weighted by molar-refractivity contribution is 5.03. The summed E-state index contributed by atoms with van der Waals surface area (Å²) in [5, 5.41) is 9.71. The minimum Gasteiger partial charge on any atom is -0.385 e. The van der Waals surface area contributed by atoms with Gasteiger partial charge in [0.25, 0.3) is 0 Å². The molecular formula is C11H18N2O. The van der Waals surface area contributed by atoms with Gasteiger partial charge in [-0.3, -0.25) is 0 Å². The van der Waals surface area contributed by atoms with Crippen molar-refractivity contribution in [2.24, 2.45) is 0 Å². The number of unbranched alkanes of at least 4 members (excludes halogenated alkanes) is 2. The molecule has 1 aromatic heterocycles. The van der Waals surface area contributed by atoms with E-state index in [1.807, 2.05) is 6.92 Å². The number of aryl methyl sites for hydroxylation is 1. The van der Waals surface area contributed by atoms with Gasteiger partial charge in [-0.1, -0.05) is 26.2 Å². The second-order valence-corrected chi connectivity index (χ2v) is 3.63. The summed E-state index contributed by atoms with van der Waals surface area (Å²) in [6.07, 6.45) is 7.11. The summed E-state index contributed by atoms with van der Waals surface area (Å²) < 4.78 is 0. The summed E-state index contributed by atoms with van der Waals surface area (Å²) in [5.41, 5.74) is 1.02. The van der Waals surface area contributed by atoms with E-state index in [0.29, 0.717) is 5.82 Å². The first-order valence-corrected chi connectivity index (χ1v) is 5.20. The van der Waals surface area contributed by atoms with Gasteiger partial charge in [0.15, 0.2) is 5.82 Å². The van der Waals surface area contributed by atoms with Crippen molar-refractivity contribution in [3.8, 4) is 0 Å². The van der Waals surface area contributed by atoms with Gasteiger partial charge in [0.05, 0.1) is 0 Å². The number of aliphatic hydroxyl groups is 1. The van der Waals surface area contributed by atoms with Gasteiger partial charge in [-0.05, 0) is 18.9 Å². The zero-order valence-corrected chi connectivity index (χ0v) is 8.90. The lowest BCUT2D eigenvalue weighted by Gasteiger charge is -2.08. The number of rotatable bonds is 5. The Morgan fingerprint density at radius 1 is 1.29 bits per heavy atom. The standard InChI is InChI=1S/C11H18N2O/c1-3-4-5-6-10(14)11-12-7-9(2)8-13-11/h7-8,10,14H,3-6H2,1-2H3. The lowest BCUT2D eigenvalue weighted by molar-refractivity contribution is 0.154. The topological polar surface area (TPSA) is 46.0 Å². The molecule has 78 valence electrons. The van der Waals surface area contributed by atoms with Crippen molar-refractivity contribution in [2.75, 3.05) is 0 Å². The van der Waals surface area contributed by atoms with Crippen LogP contribution in [0.5, 0.6) is 0 Å². The van der Waals surface area contributed by atoms with Gasteiger partial charge in [0.2, 0.25) is 0 Å². The summed E-state index contributed by atoms with van der Waals surface area (Å²) in [6.45, 7) is 4.09. The van der Waals surface area contributed by atoms with Crippen LogP contribution in [0.3, 0.4) is 0 Å². The van der Waals surface area contributed by atoms with Crippen LogP contribution < -0.4 is 0 Å². The minimum atomic E-state index is -0.498. The largest absolute Gasteiger partial charge is 0.385 e. The average molecular weight is 194 g/mol. The lowest BCUT2D eigenvalue weighted by atomic mass is 10.1. The molecule has 0 aliphatic heterocycles. The maximum atomic E-state index is 9.71. The summed E-state index contributed by atoms with van der Waals surface area (Å²) in [4.78, 5) is 8.19. The van der Waals surface area contributed by atoms with E-state index in [0.717, 1.165) is 24.8 Å². The summed E-state index contributed by atoms with van der Waals surface area (Å²) in [6, 6.07) is 0. The van der Waals surface area contributed by atoms with E-state index in [9.17, 15) is 5.11 Å². The molecule has 0 bridgehead atoms. The molecule has 0 fully saturated rings. The molecule has 1 aromatic rings. The monoisotopic (exact) mass is 194 g/mol. The highest BCUT2D eigenvalue weighted by atomic mass is 16.3. The van der Waals surface area contributed by atoms with Gasteiger partial charge in [0, 0.05) is 12.4 Å². The van der Waals surface area contributed by atoms with Crippen LogP contribution in [0.2, 0.25) is 0 Å². The van der Waals surface area contributed by atoms with Crippen molar-refractivity contribution in [1.29, 1.82) is 0 Å². The van der Waals surface area contributed by atoms with Crippen molar-refractivity contribution in [1.82, 2.24) is 9.97 Å². The molecule has 0 radical (unpaired) electrons. The average Bonchev–Trinajstić information content (AvgIpc) is 2.19. The molecule has 1 heterocycles. The third-order valence-corrected chi connectivity index (χ3v) is 2.18. The van der Waals surface area contributed by atoms with E-state index in [1.165, 1.54) is 6.42 Å². The zero-order valence-electron chi connectivity index (χ0n) is 8.90. The number of hydrogen-bond acceptors (Lipinski definition) is 3. The fourth-order valence-electron chi connectivity index (χ4n) is 1.29. The highest BCUT2D eigenvalue weighted by Gasteiger charge is 2.09. The Morgan fingerprint density at radius 3 is 2.50 bits per heavy atom. The van der Waals surface area contributed by atoms with Crippen LogP contribution in [0.1, 0.15) is 50.1 Å². The van der Waals surface area contributed by atoms with Gasteiger partial charge < -0.3 is 5.11 Å². The van der Waals surface area contributed by atoms with Crippen molar-refractivity contribution in [3.05, 3.63) is 23.8 Å². The predicted molar refractivity (Wildman–Crippen MR) is 55.9 cm³/mol. The van der Waals surface area contributed by atoms with Crippen LogP contribution in [-0.2, 0) is 0 Å². The molecule has 0 spiro atoms. The molecule has 3 nitrogen and oxygen atoms in total. The maximum absolute atomic E-state index is 9.71. The Hall–Kier alpha value is -0.960. The molecule has 0 aromatic carbocycles. The van der Waals surface area contributed by atoms with E-state index < -0.39 is 6.10 Å². The van der Waals surface area contributed by atoms with E-state index >= 15 is 0 Å². The molecule has 0 aliphatic rings.